The Bertz CT molecular complexity index is 649. The molecular formula is C14H19N3O3S. The highest BCUT2D eigenvalue weighted by Gasteiger charge is 2.47. The fourth-order valence-corrected chi connectivity index (χ4v) is 3.72. The first-order chi connectivity index (χ1) is 9.92. The minimum atomic E-state index is -3.26. The number of aromatic nitrogens is 1. The number of carbonyl (C=O) groups excluding carboxylic acids is 1. The van der Waals surface area contributed by atoms with Crippen molar-refractivity contribution in [2.75, 3.05) is 30.8 Å². The van der Waals surface area contributed by atoms with E-state index in [4.69, 9.17) is 0 Å². The van der Waals surface area contributed by atoms with Crippen LogP contribution < -0.4 is 10.2 Å². The smallest absolute Gasteiger partial charge is 0.234 e. The molecule has 0 saturated carbocycles. The largest absolute Gasteiger partial charge is 0.317 e. The molecule has 3 rings (SSSR count). The molecule has 0 unspecified atom stereocenters. The Labute approximate surface area is 124 Å². The summed E-state index contributed by atoms with van der Waals surface area (Å²) >= 11 is 0. The van der Waals surface area contributed by atoms with E-state index in [2.05, 4.69) is 10.3 Å². The number of anilines is 1. The first-order valence-corrected chi connectivity index (χ1v) is 9.00. The Morgan fingerprint density at radius 3 is 2.52 bits per heavy atom. The van der Waals surface area contributed by atoms with Crippen molar-refractivity contribution in [1.29, 1.82) is 0 Å². The molecule has 1 aromatic heterocycles. The van der Waals surface area contributed by atoms with Gasteiger partial charge in [0, 0.05) is 19.0 Å². The van der Waals surface area contributed by atoms with Gasteiger partial charge < -0.3 is 5.32 Å². The van der Waals surface area contributed by atoms with E-state index in [-0.39, 0.29) is 16.2 Å². The van der Waals surface area contributed by atoms with Crippen LogP contribution in [0.2, 0.25) is 0 Å². The van der Waals surface area contributed by atoms with Crippen LogP contribution in [0.1, 0.15) is 19.3 Å². The van der Waals surface area contributed by atoms with E-state index in [0.29, 0.717) is 12.4 Å². The molecule has 114 valence electrons. The molecule has 21 heavy (non-hydrogen) atoms. The highest BCUT2D eigenvalue weighted by molar-refractivity contribution is 7.90. The van der Waals surface area contributed by atoms with Crippen molar-refractivity contribution in [2.24, 2.45) is 5.41 Å². The molecule has 2 aliphatic heterocycles. The lowest BCUT2D eigenvalue weighted by molar-refractivity contribution is -0.126. The standard InChI is InChI=1S/C14H19N3O3S/c1-21(19,20)11-2-3-12(16-10-11)17-9-6-14(13(17)18)4-7-15-8-5-14/h2-3,10,15H,4-9H2,1H3. The molecule has 1 amide bonds. The highest BCUT2D eigenvalue weighted by atomic mass is 32.2. The molecule has 2 saturated heterocycles. The van der Waals surface area contributed by atoms with E-state index in [9.17, 15) is 13.2 Å². The molecule has 3 heterocycles. The Morgan fingerprint density at radius 2 is 1.95 bits per heavy atom. The Kier molecular flexibility index (Phi) is 3.49. The molecule has 0 radical (unpaired) electrons. The lowest BCUT2D eigenvalue weighted by Crippen LogP contribution is -2.42. The summed E-state index contributed by atoms with van der Waals surface area (Å²) in [6.45, 7) is 2.41. The van der Waals surface area contributed by atoms with Gasteiger partial charge in [0.25, 0.3) is 0 Å². The van der Waals surface area contributed by atoms with Crippen molar-refractivity contribution in [3.8, 4) is 0 Å². The third-order valence-corrected chi connectivity index (χ3v) is 5.60. The molecule has 1 N–H and O–H groups in total. The van der Waals surface area contributed by atoms with Gasteiger partial charge in [-0.2, -0.15) is 0 Å². The number of sulfone groups is 1. The van der Waals surface area contributed by atoms with Crippen molar-refractivity contribution in [3.63, 3.8) is 0 Å². The molecule has 0 bridgehead atoms. The molecule has 1 spiro atoms. The van der Waals surface area contributed by atoms with E-state index in [0.717, 1.165) is 38.6 Å². The van der Waals surface area contributed by atoms with Gasteiger partial charge in [-0.05, 0) is 44.5 Å². The van der Waals surface area contributed by atoms with Crippen LogP contribution in [0.5, 0.6) is 0 Å². The first-order valence-electron chi connectivity index (χ1n) is 7.11. The van der Waals surface area contributed by atoms with E-state index < -0.39 is 9.84 Å². The summed E-state index contributed by atoms with van der Waals surface area (Å²) in [7, 11) is -3.26. The van der Waals surface area contributed by atoms with Crippen LogP contribution in [0, 0.1) is 5.41 Å². The van der Waals surface area contributed by atoms with Gasteiger partial charge in [0.2, 0.25) is 5.91 Å². The van der Waals surface area contributed by atoms with Crippen molar-refractivity contribution in [3.05, 3.63) is 18.3 Å². The van der Waals surface area contributed by atoms with E-state index in [1.54, 1.807) is 11.0 Å². The summed E-state index contributed by atoms with van der Waals surface area (Å²) < 4.78 is 22.9. The van der Waals surface area contributed by atoms with Gasteiger partial charge >= 0.3 is 0 Å². The van der Waals surface area contributed by atoms with Crippen LogP contribution in [0.3, 0.4) is 0 Å². The second kappa shape index (κ2) is 5.06. The van der Waals surface area contributed by atoms with Crippen molar-refractivity contribution >= 4 is 21.6 Å². The Morgan fingerprint density at radius 1 is 1.24 bits per heavy atom. The predicted molar refractivity (Wildman–Crippen MR) is 78.9 cm³/mol. The molecule has 1 aromatic rings. The van der Waals surface area contributed by atoms with Gasteiger partial charge in [-0.15, -0.1) is 0 Å². The number of pyridine rings is 1. The van der Waals surface area contributed by atoms with Crippen molar-refractivity contribution in [2.45, 2.75) is 24.2 Å². The van der Waals surface area contributed by atoms with E-state index in [1.807, 2.05) is 0 Å². The Hall–Kier alpha value is -1.47. The maximum atomic E-state index is 12.7. The third-order valence-electron chi connectivity index (χ3n) is 4.50. The lowest BCUT2D eigenvalue weighted by Gasteiger charge is -2.31. The molecule has 0 aliphatic carbocycles. The monoisotopic (exact) mass is 309 g/mol. The normalized spacial score (nSPS) is 22.0. The molecule has 0 atom stereocenters. The maximum absolute atomic E-state index is 12.7. The fourth-order valence-electron chi connectivity index (χ4n) is 3.16. The molecule has 2 fully saturated rings. The predicted octanol–water partition coefficient (Wildman–Crippen LogP) is 0.592. The zero-order valence-corrected chi connectivity index (χ0v) is 12.8. The summed E-state index contributed by atoms with van der Waals surface area (Å²) in [5.74, 6) is 0.673. The number of piperidine rings is 1. The molecule has 7 heteroatoms. The minimum absolute atomic E-state index is 0.128. The zero-order chi connectivity index (χ0) is 15.1. The summed E-state index contributed by atoms with van der Waals surface area (Å²) in [5, 5.41) is 3.28. The second-order valence-corrected chi connectivity index (χ2v) is 7.88. The van der Waals surface area contributed by atoms with Gasteiger partial charge in [-0.1, -0.05) is 0 Å². The van der Waals surface area contributed by atoms with Crippen LogP contribution in [0.15, 0.2) is 23.2 Å². The fraction of sp³-hybridized carbons (Fsp3) is 0.571. The maximum Gasteiger partial charge on any atom is 0.234 e. The van der Waals surface area contributed by atoms with Gasteiger partial charge in [-0.3, -0.25) is 9.69 Å². The summed E-state index contributed by atoms with van der Waals surface area (Å²) in [5.41, 5.74) is -0.248. The number of amides is 1. The van der Waals surface area contributed by atoms with Crippen LogP contribution in [0.4, 0.5) is 5.82 Å². The number of hydrogen-bond acceptors (Lipinski definition) is 5. The SMILES string of the molecule is CS(=O)(=O)c1ccc(N2CCC3(CCNCC3)C2=O)nc1. The number of nitrogens with zero attached hydrogens (tertiary/aromatic N) is 2. The Balaban J connectivity index is 1.83. The van der Waals surface area contributed by atoms with Crippen LogP contribution in [-0.4, -0.2) is 45.2 Å². The highest BCUT2D eigenvalue weighted by Crippen LogP contribution is 2.41. The number of nitrogens with one attached hydrogen (secondary N) is 1. The summed E-state index contributed by atoms with van der Waals surface area (Å²) in [4.78, 5) is 18.7. The average Bonchev–Trinajstić information content (AvgIpc) is 2.76. The summed E-state index contributed by atoms with van der Waals surface area (Å²) in [6, 6.07) is 3.13. The quantitative estimate of drug-likeness (QED) is 0.865. The number of hydrogen-bond donors (Lipinski definition) is 1. The van der Waals surface area contributed by atoms with Gasteiger partial charge in [0.15, 0.2) is 9.84 Å². The molecule has 2 aliphatic rings. The van der Waals surface area contributed by atoms with Crippen molar-refractivity contribution in [1.82, 2.24) is 10.3 Å². The minimum Gasteiger partial charge on any atom is -0.317 e. The summed E-state index contributed by atoms with van der Waals surface area (Å²) in [6.07, 6.45) is 5.05. The molecule has 0 aromatic carbocycles. The van der Waals surface area contributed by atoms with Crippen LogP contribution >= 0.6 is 0 Å². The molecular weight excluding hydrogens is 290 g/mol. The van der Waals surface area contributed by atoms with Crippen LogP contribution in [0.25, 0.3) is 0 Å². The molecule has 6 nitrogen and oxygen atoms in total. The lowest BCUT2D eigenvalue weighted by atomic mass is 9.78. The van der Waals surface area contributed by atoms with Gasteiger partial charge in [-0.25, -0.2) is 13.4 Å². The number of rotatable bonds is 2. The zero-order valence-electron chi connectivity index (χ0n) is 12.0. The first kappa shape index (κ1) is 14.5. The van der Waals surface area contributed by atoms with E-state index in [1.165, 1.54) is 12.3 Å². The average molecular weight is 309 g/mol. The number of carbonyl (C=O) groups is 1. The van der Waals surface area contributed by atoms with Crippen molar-refractivity contribution < 1.29 is 13.2 Å². The van der Waals surface area contributed by atoms with Gasteiger partial charge in [0.05, 0.1) is 10.3 Å². The third kappa shape index (κ3) is 2.55. The van der Waals surface area contributed by atoms with Gasteiger partial charge in [0.1, 0.15) is 5.82 Å². The van der Waals surface area contributed by atoms with Crippen LogP contribution in [-0.2, 0) is 14.6 Å². The topological polar surface area (TPSA) is 79.4 Å². The second-order valence-electron chi connectivity index (χ2n) is 5.86. The van der Waals surface area contributed by atoms with E-state index >= 15 is 0 Å².